The summed E-state index contributed by atoms with van der Waals surface area (Å²) in [4.78, 5) is 27.1. The van der Waals surface area contributed by atoms with Gasteiger partial charge in [-0.1, -0.05) is 0 Å². The monoisotopic (exact) mass is 283 g/mol. The number of carbonyl (C=O) groups is 2. The minimum Gasteiger partial charge on any atom is -0.481 e. The molecular weight excluding hydrogens is 258 g/mol. The summed E-state index contributed by atoms with van der Waals surface area (Å²) in [6, 6.07) is 0.702. The first-order valence-electron chi connectivity index (χ1n) is 7.46. The van der Waals surface area contributed by atoms with E-state index in [9.17, 15) is 9.59 Å². The van der Waals surface area contributed by atoms with Crippen molar-refractivity contribution in [3.8, 4) is 0 Å². The number of piperidine rings is 2. The number of rotatable bonds is 2. The Balaban J connectivity index is 1.77. The molecule has 2 saturated heterocycles. The van der Waals surface area contributed by atoms with E-state index in [1.165, 1.54) is 0 Å². The van der Waals surface area contributed by atoms with E-state index in [4.69, 9.17) is 5.11 Å². The Hall–Kier alpha value is -1.30. The van der Waals surface area contributed by atoms with Gasteiger partial charge in [0, 0.05) is 31.7 Å². The van der Waals surface area contributed by atoms with E-state index < -0.39 is 5.97 Å². The third-order valence-electron chi connectivity index (χ3n) is 4.67. The molecule has 0 aromatic carbocycles. The first-order valence-corrected chi connectivity index (χ1v) is 7.46. The summed E-state index contributed by atoms with van der Waals surface area (Å²) in [7, 11) is 2.11. The van der Waals surface area contributed by atoms with Crippen LogP contribution in [0.5, 0.6) is 0 Å². The number of nitrogens with one attached hydrogen (secondary N) is 1. The molecule has 0 aromatic rings. The van der Waals surface area contributed by atoms with E-state index in [0.717, 1.165) is 19.4 Å². The van der Waals surface area contributed by atoms with Crippen LogP contribution in [0.3, 0.4) is 0 Å². The Kier molecular flexibility index (Phi) is 4.86. The third-order valence-corrected chi connectivity index (χ3v) is 4.67. The topological polar surface area (TPSA) is 72.9 Å². The lowest BCUT2D eigenvalue weighted by Crippen LogP contribution is -2.52. The maximum Gasteiger partial charge on any atom is 0.317 e. The van der Waals surface area contributed by atoms with Gasteiger partial charge in [0.05, 0.1) is 5.92 Å². The van der Waals surface area contributed by atoms with Crippen molar-refractivity contribution in [1.29, 1.82) is 0 Å². The fraction of sp³-hybridized carbons (Fsp3) is 0.857. The van der Waals surface area contributed by atoms with Crippen molar-refractivity contribution < 1.29 is 14.7 Å². The zero-order valence-electron chi connectivity index (χ0n) is 12.3. The van der Waals surface area contributed by atoms with Crippen LogP contribution in [0.4, 0.5) is 4.79 Å². The minimum atomic E-state index is -0.741. The van der Waals surface area contributed by atoms with Gasteiger partial charge in [-0.25, -0.2) is 4.79 Å². The Morgan fingerprint density at radius 2 is 1.80 bits per heavy atom. The highest BCUT2D eigenvalue weighted by Crippen LogP contribution is 2.19. The number of likely N-dealkylation sites (tertiary alicyclic amines) is 2. The van der Waals surface area contributed by atoms with Crippen molar-refractivity contribution in [3.63, 3.8) is 0 Å². The molecule has 2 heterocycles. The average molecular weight is 283 g/mol. The van der Waals surface area contributed by atoms with Crippen molar-refractivity contribution in [2.45, 2.75) is 44.7 Å². The second kappa shape index (κ2) is 6.43. The van der Waals surface area contributed by atoms with Gasteiger partial charge in [0.2, 0.25) is 0 Å². The Bertz CT molecular complexity index is 367. The normalized spacial score (nSPS) is 29.2. The Morgan fingerprint density at radius 1 is 1.15 bits per heavy atom. The van der Waals surface area contributed by atoms with Crippen molar-refractivity contribution in [2.24, 2.45) is 5.92 Å². The maximum atomic E-state index is 12.2. The second-order valence-corrected chi connectivity index (χ2v) is 6.10. The zero-order chi connectivity index (χ0) is 14.7. The van der Waals surface area contributed by atoms with Crippen LogP contribution in [0.1, 0.15) is 32.6 Å². The number of carboxylic acids is 1. The van der Waals surface area contributed by atoms with Gasteiger partial charge in [0.15, 0.2) is 0 Å². The van der Waals surface area contributed by atoms with Crippen LogP contribution in [0, 0.1) is 5.92 Å². The molecule has 0 bridgehead atoms. The van der Waals surface area contributed by atoms with Crippen LogP contribution in [0.25, 0.3) is 0 Å². The molecule has 2 aliphatic rings. The standard InChI is InChI=1S/C14H25N3O3/c1-10-9-12(5-6-16(10)2)15-14(20)17-7-3-11(4-8-17)13(18)19/h10-12H,3-9H2,1-2H3,(H,15,20)(H,18,19). The van der Waals surface area contributed by atoms with Crippen molar-refractivity contribution in [2.75, 3.05) is 26.7 Å². The van der Waals surface area contributed by atoms with E-state index in [1.54, 1.807) is 4.90 Å². The van der Waals surface area contributed by atoms with E-state index in [0.29, 0.717) is 32.0 Å². The van der Waals surface area contributed by atoms with Gasteiger partial charge < -0.3 is 20.2 Å². The summed E-state index contributed by atoms with van der Waals surface area (Å²) < 4.78 is 0. The van der Waals surface area contributed by atoms with Gasteiger partial charge in [-0.2, -0.15) is 0 Å². The number of nitrogens with zero attached hydrogens (tertiary/aromatic N) is 2. The van der Waals surface area contributed by atoms with Gasteiger partial charge >= 0.3 is 12.0 Å². The molecular formula is C14H25N3O3. The summed E-state index contributed by atoms with van der Waals surface area (Å²) in [6.07, 6.45) is 3.09. The number of urea groups is 1. The number of hydrogen-bond acceptors (Lipinski definition) is 3. The van der Waals surface area contributed by atoms with Crippen LogP contribution in [0.15, 0.2) is 0 Å². The largest absolute Gasteiger partial charge is 0.481 e. The molecule has 114 valence electrons. The molecule has 2 atom stereocenters. The molecule has 0 saturated carbocycles. The minimum absolute atomic E-state index is 0.0319. The highest BCUT2D eigenvalue weighted by atomic mass is 16.4. The highest BCUT2D eigenvalue weighted by Gasteiger charge is 2.29. The quantitative estimate of drug-likeness (QED) is 0.792. The van der Waals surface area contributed by atoms with E-state index in [2.05, 4.69) is 24.2 Å². The molecule has 0 radical (unpaired) electrons. The molecule has 2 aliphatic heterocycles. The highest BCUT2D eigenvalue weighted by molar-refractivity contribution is 5.75. The zero-order valence-corrected chi connectivity index (χ0v) is 12.3. The number of aliphatic carboxylic acids is 1. The molecule has 6 heteroatoms. The predicted molar refractivity (Wildman–Crippen MR) is 75.6 cm³/mol. The lowest BCUT2D eigenvalue weighted by molar-refractivity contribution is -0.143. The summed E-state index contributed by atoms with van der Waals surface area (Å²) in [5, 5.41) is 12.1. The van der Waals surface area contributed by atoms with Crippen molar-refractivity contribution in [1.82, 2.24) is 15.1 Å². The molecule has 2 amide bonds. The number of hydrogen-bond donors (Lipinski definition) is 2. The summed E-state index contributed by atoms with van der Waals surface area (Å²) in [6.45, 7) is 4.28. The first-order chi connectivity index (χ1) is 9.47. The van der Waals surface area contributed by atoms with Gasteiger partial charge in [-0.3, -0.25) is 4.79 Å². The van der Waals surface area contributed by atoms with Crippen LogP contribution in [0.2, 0.25) is 0 Å². The maximum absolute atomic E-state index is 12.2. The van der Waals surface area contributed by atoms with Crippen LogP contribution in [-0.4, -0.2) is 65.7 Å². The molecule has 20 heavy (non-hydrogen) atoms. The molecule has 2 unspecified atom stereocenters. The van der Waals surface area contributed by atoms with Gasteiger partial charge in [0.1, 0.15) is 0 Å². The Morgan fingerprint density at radius 3 is 2.35 bits per heavy atom. The smallest absolute Gasteiger partial charge is 0.317 e. The fourth-order valence-corrected chi connectivity index (χ4v) is 3.02. The average Bonchev–Trinajstić information content (AvgIpc) is 2.43. The van der Waals surface area contributed by atoms with E-state index in [1.807, 2.05) is 0 Å². The van der Waals surface area contributed by atoms with Gasteiger partial charge in [-0.05, 0) is 39.7 Å². The van der Waals surface area contributed by atoms with Gasteiger partial charge in [-0.15, -0.1) is 0 Å². The third kappa shape index (κ3) is 3.62. The fourth-order valence-electron chi connectivity index (χ4n) is 3.02. The second-order valence-electron chi connectivity index (χ2n) is 6.10. The van der Waals surface area contributed by atoms with Crippen LogP contribution in [-0.2, 0) is 4.79 Å². The lowest BCUT2D eigenvalue weighted by atomic mass is 9.97. The summed E-state index contributed by atoms with van der Waals surface area (Å²) >= 11 is 0. The van der Waals surface area contributed by atoms with Crippen LogP contribution >= 0.6 is 0 Å². The SMILES string of the molecule is CC1CC(NC(=O)N2CCC(C(=O)O)CC2)CCN1C. The predicted octanol–water partition coefficient (Wildman–Crippen LogP) is 0.975. The molecule has 6 nitrogen and oxygen atoms in total. The van der Waals surface area contributed by atoms with E-state index in [-0.39, 0.29) is 18.0 Å². The van der Waals surface area contributed by atoms with Gasteiger partial charge in [0.25, 0.3) is 0 Å². The molecule has 0 aliphatic carbocycles. The lowest BCUT2D eigenvalue weighted by Gasteiger charge is -2.37. The summed E-state index contributed by atoms with van der Waals surface area (Å²) in [5.41, 5.74) is 0. The first kappa shape index (κ1) is 15.1. The van der Waals surface area contributed by atoms with Crippen molar-refractivity contribution >= 4 is 12.0 Å². The number of carbonyl (C=O) groups excluding carboxylic acids is 1. The number of amides is 2. The molecule has 2 rings (SSSR count). The molecule has 2 N–H and O–H groups in total. The molecule has 2 fully saturated rings. The number of carboxylic acid groups (broad SMARTS) is 1. The molecule has 0 aromatic heterocycles. The molecule has 0 spiro atoms. The van der Waals surface area contributed by atoms with E-state index >= 15 is 0 Å². The Labute approximate surface area is 120 Å². The summed E-state index contributed by atoms with van der Waals surface area (Å²) in [5.74, 6) is -1.03. The van der Waals surface area contributed by atoms with Crippen molar-refractivity contribution in [3.05, 3.63) is 0 Å². The van der Waals surface area contributed by atoms with Crippen LogP contribution < -0.4 is 5.32 Å².